The standard InChI is InChI=1S/C22H25N3O4S/c26-21-15-20(22(27)25(21)16-17-7-3-1-4-8-17)24-13-11-18(12-14-24)23-30(28,29)19-9-5-2-6-10-19/h1-10,18,20,23H,11-16H2. The maximum Gasteiger partial charge on any atom is 0.247 e. The number of likely N-dealkylation sites (tertiary alicyclic amines) is 2. The number of imide groups is 1. The second kappa shape index (κ2) is 8.67. The molecule has 1 atom stereocenters. The SMILES string of the molecule is O=C1CC(N2CCC(NS(=O)(=O)c3ccccc3)CC2)C(=O)N1Cc1ccccc1. The molecule has 158 valence electrons. The molecule has 2 aliphatic rings. The van der Waals surface area contributed by atoms with Crippen LogP contribution >= 0.6 is 0 Å². The molecule has 2 saturated heterocycles. The van der Waals surface area contributed by atoms with Crippen LogP contribution in [0.4, 0.5) is 0 Å². The van der Waals surface area contributed by atoms with Crippen molar-refractivity contribution >= 4 is 21.8 Å². The second-order valence-electron chi connectivity index (χ2n) is 7.77. The molecule has 2 aliphatic heterocycles. The lowest BCUT2D eigenvalue weighted by Crippen LogP contribution is -2.50. The van der Waals surface area contributed by atoms with Crippen molar-refractivity contribution in [1.82, 2.24) is 14.5 Å². The molecule has 1 unspecified atom stereocenters. The van der Waals surface area contributed by atoms with Gasteiger partial charge >= 0.3 is 0 Å². The van der Waals surface area contributed by atoms with Crippen LogP contribution in [0.25, 0.3) is 0 Å². The molecule has 2 aromatic carbocycles. The smallest absolute Gasteiger partial charge is 0.247 e. The molecule has 0 bridgehead atoms. The number of carbonyl (C=O) groups is 2. The fraction of sp³-hybridized carbons (Fsp3) is 0.364. The highest BCUT2D eigenvalue weighted by Gasteiger charge is 2.42. The van der Waals surface area contributed by atoms with Gasteiger partial charge in [0.15, 0.2) is 0 Å². The van der Waals surface area contributed by atoms with E-state index in [1.165, 1.54) is 4.90 Å². The van der Waals surface area contributed by atoms with Crippen LogP contribution in [0.15, 0.2) is 65.6 Å². The van der Waals surface area contributed by atoms with Crippen LogP contribution in [0.5, 0.6) is 0 Å². The molecule has 2 heterocycles. The van der Waals surface area contributed by atoms with Gasteiger partial charge in [-0.1, -0.05) is 48.5 Å². The Balaban J connectivity index is 1.34. The number of benzene rings is 2. The number of hydrogen-bond donors (Lipinski definition) is 1. The Bertz CT molecular complexity index is 1000. The molecule has 1 N–H and O–H groups in total. The maximum absolute atomic E-state index is 12.9. The first kappa shape index (κ1) is 20.7. The topological polar surface area (TPSA) is 86.8 Å². The molecule has 4 rings (SSSR count). The summed E-state index contributed by atoms with van der Waals surface area (Å²) >= 11 is 0. The molecule has 0 saturated carbocycles. The highest BCUT2D eigenvalue weighted by atomic mass is 32.2. The number of nitrogens with one attached hydrogen (secondary N) is 1. The fourth-order valence-electron chi connectivity index (χ4n) is 4.10. The average Bonchev–Trinajstić information content (AvgIpc) is 3.04. The van der Waals surface area contributed by atoms with Crippen molar-refractivity contribution in [3.63, 3.8) is 0 Å². The van der Waals surface area contributed by atoms with Gasteiger partial charge in [-0.15, -0.1) is 0 Å². The lowest BCUT2D eigenvalue weighted by atomic mass is 10.0. The number of hydrogen-bond acceptors (Lipinski definition) is 5. The molecular weight excluding hydrogens is 402 g/mol. The Kier molecular flexibility index (Phi) is 5.99. The lowest BCUT2D eigenvalue weighted by molar-refractivity contribution is -0.140. The van der Waals surface area contributed by atoms with Crippen molar-refractivity contribution in [1.29, 1.82) is 0 Å². The molecule has 2 amide bonds. The van der Waals surface area contributed by atoms with Gasteiger partial charge in [-0.05, 0) is 30.5 Å². The summed E-state index contributed by atoms with van der Waals surface area (Å²) in [6.07, 6.45) is 1.39. The Morgan fingerprint density at radius 1 is 0.900 bits per heavy atom. The predicted molar refractivity (Wildman–Crippen MR) is 112 cm³/mol. The first-order valence-electron chi connectivity index (χ1n) is 10.1. The number of amides is 2. The zero-order valence-electron chi connectivity index (χ0n) is 16.6. The van der Waals surface area contributed by atoms with Gasteiger partial charge in [-0.3, -0.25) is 19.4 Å². The van der Waals surface area contributed by atoms with Crippen LogP contribution in [-0.4, -0.2) is 55.2 Å². The van der Waals surface area contributed by atoms with E-state index in [0.717, 1.165) is 5.56 Å². The molecule has 2 fully saturated rings. The summed E-state index contributed by atoms with van der Waals surface area (Å²) in [7, 11) is -3.56. The van der Waals surface area contributed by atoms with Crippen LogP contribution in [0.3, 0.4) is 0 Å². The quantitative estimate of drug-likeness (QED) is 0.710. The minimum atomic E-state index is -3.56. The Morgan fingerprint density at radius 2 is 1.50 bits per heavy atom. The van der Waals surface area contributed by atoms with E-state index < -0.39 is 16.1 Å². The fourth-order valence-corrected chi connectivity index (χ4v) is 5.43. The van der Waals surface area contributed by atoms with Crippen molar-refractivity contribution in [3.8, 4) is 0 Å². The van der Waals surface area contributed by atoms with Gasteiger partial charge in [0.25, 0.3) is 0 Å². The third kappa shape index (κ3) is 4.45. The van der Waals surface area contributed by atoms with E-state index in [9.17, 15) is 18.0 Å². The minimum Gasteiger partial charge on any atom is -0.291 e. The lowest BCUT2D eigenvalue weighted by Gasteiger charge is -2.34. The van der Waals surface area contributed by atoms with Gasteiger partial charge in [0.2, 0.25) is 21.8 Å². The summed E-state index contributed by atoms with van der Waals surface area (Å²) in [5.74, 6) is -0.312. The maximum atomic E-state index is 12.9. The van der Waals surface area contributed by atoms with E-state index in [1.54, 1.807) is 30.3 Å². The van der Waals surface area contributed by atoms with E-state index in [-0.39, 0.29) is 29.2 Å². The summed E-state index contributed by atoms with van der Waals surface area (Å²) in [5.41, 5.74) is 0.925. The Hall–Kier alpha value is -2.55. The van der Waals surface area contributed by atoms with Crippen molar-refractivity contribution in [2.75, 3.05) is 13.1 Å². The summed E-state index contributed by atoms with van der Waals surface area (Å²) in [6.45, 7) is 1.44. The largest absolute Gasteiger partial charge is 0.291 e. The molecular formula is C22H25N3O4S. The molecule has 7 nitrogen and oxygen atoms in total. The number of piperidine rings is 1. The van der Waals surface area contributed by atoms with Gasteiger partial charge in [0.05, 0.1) is 23.9 Å². The minimum absolute atomic E-state index is 0.152. The van der Waals surface area contributed by atoms with Crippen LogP contribution in [0.2, 0.25) is 0 Å². The molecule has 0 aromatic heterocycles. The summed E-state index contributed by atoms with van der Waals surface area (Å²) in [6, 6.07) is 17.2. The highest BCUT2D eigenvalue weighted by molar-refractivity contribution is 7.89. The predicted octanol–water partition coefficient (Wildman–Crippen LogP) is 1.76. The number of carbonyl (C=O) groups excluding carboxylic acids is 2. The summed E-state index contributed by atoms with van der Waals surface area (Å²) in [5, 5.41) is 0. The van der Waals surface area contributed by atoms with Gasteiger partial charge < -0.3 is 0 Å². The Labute approximate surface area is 176 Å². The van der Waals surface area contributed by atoms with Gasteiger partial charge in [0, 0.05) is 19.1 Å². The summed E-state index contributed by atoms with van der Waals surface area (Å²) in [4.78, 5) is 28.9. The van der Waals surface area contributed by atoms with Crippen molar-refractivity contribution in [2.24, 2.45) is 0 Å². The number of sulfonamides is 1. The first-order valence-corrected chi connectivity index (χ1v) is 11.6. The number of rotatable bonds is 6. The molecule has 0 spiro atoms. The zero-order chi connectivity index (χ0) is 21.1. The molecule has 30 heavy (non-hydrogen) atoms. The van der Waals surface area contributed by atoms with E-state index in [4.69, 9.17) is 0 Å². The van der Waals surface area contributed by atoms with Crippen molar-refractivity contribution in [2.45, 2.75) is 42.8 Å². The van der Waals surface area contributed by atoms with E-state index >= 15 is 0 Å². The average molecular weight is 428 g/mol. The van der Waals surface area contributed by atoms with E-state index in [2.05, 4.69) is 4.72 Å². The van der Waals surface area contributed by atoms with Crippen LogP contribution in [-0.2, 0) is 26.2 Å². The Morgan fingerprint density at radius 3 is 2.13 bits per heavy atom. The molecule has 8 heteroatoms. The second-order valence-corrected chi connectivity index (χ2v) is 9.48. The van der Waals surface area contributed by atoms with Gasteiger partial charge in [0.1, 0.15) is 0 Å². The molecule has 2 aromatic rings. The molecule has 0 aliphatic carbocycles. The summed E-state index contributed by atoms with van der Waals surface area (Å²) < 4.78 is 27.8. The first-order chi connectivity index (χ1) is 14.4. The zero-order valence-corrected chi connectivity index (χ0v) is 17.4. The third-order valence-corrected chi connectivity index (χ3v) is 7.29. The van der Waals surface area contributed by atoms with Crippen LogP contribution in [0, 0.1) is 0 Å². The monoisotopic (exact) mass is 427 g/mol. The van der Waals surface area contributed by atoms with Crippen molar-refractivity contribution < 1.29 is 18.0 Å². The van der Waals surface area contributed by atoms with E-state index in [0.29, 0.717) is 32.5 Å². The van der Waals surface area contributed by atoms with Crippen LogP contribution in [0.1, 0.15) is 24.8 Å². The van der Waals surface area contributed by atoms with Gasteiger partial charge in [-0.2, -0.15) is 0 Å². The highest BCUT2D eigenvalue weighted by Crippen LogP contribution is 2.24. The van der Waals surface area contributed by atoms with Crippen molar-refractivity contribution in [3.05, 3.63) is 66.2 Å². The van der Waals surface area contributed by atoms with E-state index in [1.807, 2.05) is 35.2 Å². The third-order valence-electron chi connectivity index (χ3n) is 5.75. The van der Waals surface area contributed by atoms with Crippen LogP contribution < -0.4 is 4.72 Å². The van der Waals surface area contributed by atoms with Gasteiger partial charge in [-0.25, -0.2) is 13.1 Å². The normalized spacial score (nSPS) is 21.3. The number of nitrogens with zero attached hydrogens (tertiary/aromatic N) is 2. The molecule has 0 radical (unpaired) electrons.